The van der Waals surface area contributed by atoms with Crippen LogP contribution < -0.4 is 4.98 Å². The average molecular weight is 531 g/mol. The van der Waals surface area contributed by atoms with E-state index >= 15 is 0 Å². The number of hydrogen-bond acceptors (Lipinski definition) is 5. The second-order valence-electron chi connectivity index (χ2n) is 10.6. The molecule has 8 heteroatoms. The Morgan fingerprint density at radius 2 is 1.56 bits per heavy atom. The molecule has 0 saturated carbocycles. The molecule has 0 spiro atoms. The highest BCUT2D eigenvalue weighted by Gasteiger charge is 2.38. The molecule has 1 N–H and O–H groups in total. The van der Waals surface area contributed by atoms with Crippen molar-refractivity contribution in [3.05, 3.63) is 95.3 Å². The molecule has 5 rings (SSSR count). The molecule has 3 aromatic carbocycles. The van der Waals surface area contributed by atoms with Crippen LogP contribution in [0.4, 0.5) is 8.78 Å². The van der Waals surface area contributed by atoms with Gasteiger partial charge in [0.05, 0.1) is 35.1 Å². The second kappa shape index (κ2) is 10.5. The molecule has 0 saturated heterocycles. The molecule has 0 radical (unpaired) electrons. The maximum atomic E-state index is 14.5. The van der Waals surface area contributed by atoms with E-state index in [4.69, 9.17) is 9.26 Å². The number of nitrogens with one attached hydrogen (secondary N) is 1. The Morgan fingerprint density at radius 3 is 2.13 bits per heavy atom. The van der Waals surface area contributed by atoms with Gasteiger partial charge in [-0.1, -0.05) is 42.5 Å². The lowest BCUT2D eigenvalue weighted by molar-refractivity contribution is -0.388. The van der Waals surface area contributed by atoms with Gasteiger partial charge in [0.2, 0.25) is 0 Å². The van der Waals surface area contributed by atoms with Gasteiger partial charge in [-0.25, -0.2) is 18.3 Å². The van der Waals surface area contributed by atoms with Crippen LogP contribution in [0.5, 0.6) is 0 Å². The van der Waals surface area contributed by atoms with Crippen LogP contribution in [0.3, 0.4) is 0 Å². The van der Waals surface area contributed by atoms with Crippen molar-refractivity contribution in [3.8, 4) is 22.6 Å². The SMILES string of the molecule is CCOC(=O)[C@H]1CC(c2c(F)cccc2F)=N[C@H]1c1ccc(-c2ccc(-c3[nH+]c(C(C)(C)C)no3)cc2)cc1. The van der Waals surface area contributed by atoms with E-state index in [1.807, 2.05) is 48.5 Å². The monoisotopic (exact) mass is 530 g/mol. The molecule has 0 aliphatic carbocycles. The van der Waals surface area contributed by atoms with Gasteiger partial charge in [-0.3, -0.25) is 9.79 Å². The number of hydrogen-bond donors (Lipinski definition) is 0. The zero-order valence-corrected chi connectivity index (χ0v) is 22.3. The highest BCUT2D eigenvalue weighted by molar-refractivity contribution is 6.04. The first-order valence-electron chi connectivity index (χ1n) is 12.9. The summed E-state index contributed by atoms with van der Waals surface area (Å²) in [6.45, 7) is 8.11. The summed E-state index contributed by atoms with van der Waals surface area (Å²) < 4.78 is 39.7. The fourth-order valence-corrected chi connectivity index (χ4v) is 4.72. The number of carbonyl (C=O) groups is 1. The first-order chi connectivity index (χ1) is 18.7. The minimum Gasteiger partial charge on any atom is -0.466 e. The van der Waals surface area contributed by atoms with Gasteiger partial charge >= 0.3 is 17.7 Å². The van der Waals surface area contributed by atoms with Gasteiger partial charge in [0.1, 0.15) is 11.6 Å². The smallest absolute Gasteiger partial charge is 0.352 e. The van der Waals surface area contributed by atoms with Gasteiger partial charge in [0, 0.05) is 12.1 Å². The van der Waals surface area contributed by atoms with E-state index in [2.05, 4.69) is 35.9 Å². The number of H-pyrrole nitrogens is 1. The lowest BCUT2D eigenvalue weighted by Gasteiger charge is -2.17. The van der Waals surface area contributed by atoms with Gasteiger partial charge < -0.3 is 4.74 Å². The highest BCUT2D eigenvalue weighted by atomic mass is 19.1. The van der Waals surface area contributed by atoms with Crippen molar-refractivity contribution >= 4 is 11.7 Å². The van der Waals surface area contributed by atoms with Crippen molar-refractivity contribution in [2.45, 2.75) is 45.6 Å². The number of nitrogens with zero attached hydrogens (tertiary/aromatic N) is 2. The first kappa shape index (κ1) is 26.4. The van der Waals surface area contributed by atoms with Crippen LogP contribution in [0.15, 0.2) is 76.2 Å². The minimum atomic E-state index is -0.701. The molecule has 0 bridgehead atoms. The van der Waals surface area contributed by atoms with Crippen molar-refractivity contribution in [1.29, 1.82) is 0 Å². The molecule has 0 unspecified atom stereocenters. The van der Waals surface area contributed by atoms with Gasteiger partial charge in [-0.15, -0.1) is 0 Å². The summed E-state index contributed by atoms with van der Waals surface area (Å²) in [5.74, 6) is -1.14. The summed E-state index contributed by atoms with van der Waals surface area (Å²) in [5, 5.41) is 4.14. The fourth-order valence-electron chi connectivity index (χ4n) is 4.72. The summed E-state index contributed by atoms with van der Waals surface area (Å²) >= 11 is 0. The number of carbonyl (C=O) groups excluding carboxylic acids is 1. The maximum Gasteiger partial charge on any atom is 0.352 e. The topological polar surface area (TPSA) is 78.8 Å². The highest BCUT2D eigenvalue weighted by Crippen LogP contribution is 2.39. The third-order valence-corrected chi connectivity index (χ3v) is 6.83. The van der Waals surface area contributed by atoms with Crippen molar-refractivity contribution < 1.29 is 27.8 Å². The second-order valence-corrected chi connectivity index (χ2v) is 10.6. The molecule has 1 aliphatic rings. The third kappa shape index (κ3) is 5.37. The van der Waals surface area contributed by atoms with Crippen LogP contribution >= 0.6 is 0 Å². The van der Waals surface area contributed by atoms with Crippen LogP contribution in [0.2, 0.25) is 0 Å². The van der Waals surface area contributed by atoms with Gasteiger partial charge in [0.15, 0.2) is 5.16 Å². The van der Waals surface area contributed by atoms with Gasteiger partial charge in [0.25, 0.3) is 0 Å². The van der Waals surface area contributed by atoms with Crippen LogP contribution in [-0.2, 0) is 14.9 Å². The van der Waals surface area contributed by atoms with Crippen LogP contribution in [0, 0.1) is 17.6 Å². The summed E-state index contributed by atoms with van der Waals surface area (Å²) in [4.78, 5) is 20.6. The fraction of sp³-hybridized carbons (Fsp3) is 0.290. The Morgan fingerprint density at radius 1 is 0.974 bits per heavy atom. The number of ether oxygens (including phenoxy) is 1. The summed E-state index contributed by atoms with van der Waals surface area (Å²) in [5.41, 5.74) is 3.50. The number of aromatic amines is 1. The molecule has 200 valence electrons. The molecule has 4 aromatic rings. The lowest BCUT2D eigenvalue weighted by atomic mass is 9.90. The molecular formula is C31H30F2N3O3+. The van der Waals surface area contributed by atoms with Crippen LogP contribution in [-0.4, -0.2) is 23.4 Å². The predicted molar refractivity (Wildman–Crippen MR) is 143 cm³/mol. The average Bonchev–Trinajstić information content (AvgIpc) is 3.58. The molecule has 2 heterocycles. The Kier molecular flexibility index (Phi) is 7.12. The minimum absolute atomic E-state index is 0.0974. The number of rotatable bonds is 6. The van der Waals surface area contributed by atoms with Crippen molar-refractivity contribution in [1.82, 2.24) is 5.16 Å². The van der Waals surface area contributed by atoms with Gasteiger partial charge in [-0.05, 0) is 68.7 Å². The Bertz CT molecular complexity index is 1500. The number of benzene rings is 3. The van der Waals surface area contributed by atoms with E-state index in [9.17, 15) is 13.6 Å². The van der Waals surface area contributed by atoms with Crippen molar-refractivity contribution in [3.63, 3.8) is 0 Å². The molecule has 1 aromatic heterocycles. The van der Waals surface area contributed by atoms with E-state index in [-0.39, 0.29) is 29.7 Å². The maximum absolute atomic E-state index is 14.5. The van der Waals surface area contributed by atoms with E-state index in [0.717, 1.165) is 28.1 Å². The van der Waals surface area contributed by atoms with Gasteiger partial charge in [-0.2, -0.15) is 0 Å². The standard InChI is InChI=1S/C31H29F2N3O3/c1-5-38-29(37)22-17-25(26-23(32)7-6-8-24(26)33)34-27(22)20-13-9-18(10-14-20)19-11-15-21(16-12-19)28-35-30(36-39-28)31(2,3)4/h6-16,22,27H,5,17H2,1-4H3/p+1/t22-,27-/m0/s1. The summed E-state index contributed by atoms with van der Waals surface area (Å²) in [6, 6.07) is 18.7. The van der Waals surface area contributed by atoms with E-state index in [0.29, 0.717) is 5.89 Å². The number of aliphatic imine (C=N–C) groups is 1. The van der Waals surface area contributed by atoms with Crippen molar-refractivity contribution in [2.24, 2.45) is 10.9 Å². The Balaban J connectivity index is 1.40. The molecule has 2 atom stereocenters. The zero-order chi connectivity index (χ0) is 27.7. The lowest BCUT2D eigenvalue weighted by Crippen LogP contribution is -2.23. The number of halogens is 2. The predicted octanol–water partition coefficient (Wildman–Crippen LogP) is 6.51. The number of esters is 1. The first-order valence-corrected chi connectivity index (χ1v) is 12.9. The molecule has 6 nitrogen and oxygen atoms in total. The Hall–Kier alpha value is -4.20. The zero-order valence-electron chi connectivity index (χ0n) is 22.3. The molecule has 1 aliphatic heterocycles. The van der Waals surface area contributed by atoms with E-state index in [1.165, 1.54) is 18.2 Å². The quantitative estimate of drug-likeness (QED) is 0.266. The van der Waals surface area contributed by atoms with Crippen molar-refractivity contribution in [2.75, 3.05) is 6.61 Å². The molecule has 0 amide bonds. The summed E-state index contributed by atoms with van der Waals surface area (Å²) in [7, 11) is 0. The third-order valence-electron chi connectivity index (χ3n) is 6.83. The molecular weight excluding hydrogens is 500 g/mol. The summed E-state index contributed by atoms with van der Waals surface area (Å²) in [6.07, 6.45) is 0.0974. The molecule has 0 fully saturated rings. The number of aromatic nitrogens is 2. The van der Waals surface area contributed by atoms with E-state index < -0.39 is 29.6 Å². The van der Waals surface area contributed by atoms with E-state index in [1.54, 1.807) is 6.92 Å². The largest absolute Gasteiger partial charge is 0.466 e. The van der Waals surface area contributed by atoms with Crippen LogP contribution in [0.1, 0.15) is 57.1 Å². The molecule has 39 heavy (non-hydrogen) atoms. The Labute approximate surface area is 225 Å². The van der Waals surface area contributed by atoms with Crippen LogP contribution in [0.25, 0.3) is 22.6 Å². The normalized spacial score (nSPS) is 17.2.